The third-order valence-electron chi connectivity index (χ3n) is 0.662. The lowest BCUT2D eigenvalue weighted by Crippen LogP contribution is -2.65. The van der Waals surface area contributed by atoms with Crippen LogP contribution in [0.3, 0.4) is 0 Å². The molecule has 0 fully saturated rings. The molecule has 8 heavy (non-hydrogen) atoms. The van der Waals surface area contributed by atoms with Gasteiger partial charge < -0.3 is 0 Å². The van der Waals surface area contributed by atoms with Crippen LogP contribution in [0, 0.1) is 0 Å². The maximum Gasteiger partial charge on any atom is 0.125 e. The lowest BCUT2D eigenvalue weighted by atomic mass is 10.8. The topological polar surface area (TPSA) is 50.1 Å². The fourth-order valence-corrected chi connectivity index (χ4v) is 0.529. The fraction of sp³-hybridized carbons (Fsp3) is 1.00. The van der Waals surface area contributed by atoms with Gasteiger partial charge in [-0.25, -0.2) is 0 Å². The monoisotopic (exact) mass is 231 g/mol. The zero-order valence-corrected chi connectivity index (χ0v) is 7.27. The van der Waals surface area contributed by atoms with E-state index in [1.54, 1.807) is 0 Å². The molecule has 0 aromatic heterocycles. The summed E-state index contributed by atoms with van der Waals surface area (Å²) in [6.45, 7) is 2.85. The molecule has 4 N–H and O–H groups in total. The third kappa shape index (κ3) is 3.56. The molecular formula is C3H12IN4+. The Morgan fingerprint density at radius 3 is 2.38 bits per heavy atom. The van der Waals surface area contributed by atoms with Gasteiger partial charge in [-0.05, 0) is 6.92 Å². The van der Waals surface area contributed by atoms with Gasteiger partial charge in [-0.3, -0.25) is 0 Å². The highest BCUT2D eigenvalue weighted by Gasteiger charge is 2.10. The van der Waals surface area contributed by atoms with Crippen LogP contribution in [0.4, 0.5) is 0 Å². The van der Waals surface area contributed by atoms with Crippen molar-refractivity contribution in [2.75, 3.05) is 13.6 Å². The van der Waals surface area contributed by atoms with Crippen LogP contribution in [0.1, 0.15) is 6.92 Å². The fourth-order valence-electron chi connectivity index (χ4n) is 0.358. The van der Waals surface area contributed by atoms with Gasteiger partial charge in [0, 0.05) is 6.54 Å². The van der Waals surface area contributed by atoms with Crippen molar-refractivity contribution < 1.29 is 4.81 Å². The minimum Gasteiger partial charge on any atom is -0.141 e. The summed E-state index contributed by atoms with van der Waals surface area (Å²) in [5, 5.41) is 0. The first-order chi connectivity index (χ1) is 3.62. The maximum atomic E-state index is 5.53. The standard InChI is InChI=1S/C3H12IN4/c1-3-6-8(2,5)7-4/h6-7H,3,5H2,1-2H3/q+1. The molecule has 50 valence electrons. The van der Waals surface area contributed by atoms with Gasteiger partial charge in [-0.15, -0.1) is 11.3 Å². The van der Waals surface area contributed by atoms with Crippen LogP contribution in [0.25, 0.3) is 0 Å². The number of halogens is 1. The van der Waals surface area contributed by atoms with Crippen molar-refractivity contribution in [1.82, 2.24) is 9.06 Å². The van der Waals surface area contributed by atoms with E-state index in [4.69, 9.17) is 5.84 Å². The molecule has 0 aliphatic rings. The molecule has 0 rings (SSSR count). The van der Waals surface area contributed by atoms with Crippen LogP contribution < -0.4 is 14.9 Å². The maximum absolute atomic E-state index is 5.53. The normalized spacial score (nSPS) is 18.0. The van der Waals surface area contributed by atoms with Gasteiger partial charge in [0.2, 0.25) is 0 Å². The van der Waals surface area contributed by atoms with Gasteiger partial charge in [-0.1, -0.05) is 8.45 Å². The Balaban J connectivity index is 3.37. The second-order valence-corrected chi connectivity index (χ2v) is 2.15. The van der Waals surface area contributed by atoms with Gasteiger partial charge in [0.1, 0.15) is 7.05 Å². The van der Waals surface area contributed by atoms with Crippen LogP contribution in [0.15, 0.2) is 0 Å². The Kier molecular flexibility index (Phi) is 3.82. The van der Waals surface area contributed by atoms with Gasteiger partial charge in [-0.2, -0.15) is 0 Å². The van der Waals surface area contributed by atoms with Crippen molar-refractivity contribution in [3.63, 3.8) is 0 Å². The summed E-state index contributed by atoms with van der Waals surface area (Å²) in [7, 11) is 1.82. The van der Waals surface area contributed by atoms with Gasteiger partial charge in [0.15, 0.2) is 0 Å². The molecular weight excluding hydrogens is 219 g/mol. The van der Waals surface area contributed by atoms with Crippen molar-refractivity contribution >= 4 is 22.9 Å². The molecule has 0 saturated carbocycles. The van der Waals surface area contributed by atoms with E-state index in [1.807, 2.05) is 36.8 Å². The van der Waals surface area contributed by atoms with Crippen LogP contribution in [0.5, 0.6) is 0 Å². The predicted molar refractivity (Wildman–Crippen MR) is 41.2 cm³/mol. The summed E-state index contributed by atoms with van der Waals surface area (Å²) in [5.41, 5.74) is 2.97. The van der Waals surface area contributed by atoms with Gasteiger partial charge >= 0.3 is 0 Å². The second-order valence-electron chi connectivity index (χ2n) is 1.67. The molecule has 0 spiro atoms. The predicted octanol–water partition coefficient (Wildman–Crippen LogP) is -0.314. The smallest absolute Gasteiger partial charge is 0.125 e. The Labute approximate surface area is 63.4 Å². The van der Waals surface area contributed by atoms with Gasteiger partial charge in [0.05, 0.1) is 22.9 Å². The van der Waals surface area contributed by atoms with Crippen molar-refractivity contribution in [3.8, 4) is 0 Å². The Bertz CT molecular complexity index is 64.3. The van der Waals surface area contributed by atoms with Crippen molar-refractivity contribution in [1.29, 1.82) is 0 Å². The first kappa shape index (κ1) is 8.57. The minimum atomic E-state index is 0.150. The highest BCUT2D eigenvalue weighted by Crippen LogP contribution is 1.80. The second kappa shape index (κ2) is 3.57. The molecule has 5 heteroatoms. The quantitative estimate of drug-likeness (QED) is 0.205. The van der Waals surface area contributed by atoms with E-state index in [-0.39, 0.29) is 4.81 Å². The summed E-state index contributed by atoms with van der Waals surface area (Å²) in [4.78, 5) is 0.150. The number of nitrogens with zero attached hydrogens (tertiary/aromatic N) is 1. The lowest BCUT2D eigenvalue weighted by Gasteiger charge is -2.22. The number of hydrogen-bond acceptors (Lipinski definition) is 3. The first-order valence-electron chi connectivity index (χ1n) is 2.40. The van der Waals surface area contributed by atoms with Crippen LogP contribution >= 0.6 is 22.9 Å². The molecule has 0 amide bonds. The number of rotatable bonds is 3. The minimum absolute atomic E-state index is 0.150. The summed E-state index contributed by atoms with van der Waals surface area (Å²) in [6, 6.07) is 0. The Morgan fingerprint density at radius 2 is 2.25 bits per heavy atom. The zero-order valence-electron chi connectivity index (χ0n) is 5.11. The zero-order chi connectivity index (χ0) is 6.62. The van der Waals surface area contributed by atoms with E-state index in [2.05, 4.69) is 9.06 Å². The van der Waals surface area contributed by atoms with Crippen LogP contribution in [-0.4, -0.2) is 18.4 Å². The summed E-state index contributed by atoms with van der Waals surface area (Å²) < 4.78 is 2.82. The number of nitrogens with one attached hydrogen (secondary N) is 2. The summed E-state index contributed by atoms with van der Waals surface area (Å²) in [5.74, 6) is 5.53. The largest absolute Gasteiger partial charge is 0.141 e. The lowest BCUT2D eigenvalue weighted by molar-refractivity contribution is -0.986. The number of quaternary nitrogens is 1. The van der Waals surface area contributed by atoms with Gasteiger partial charge in [0.25, 0.3) is 0 Å². The molecule has 0 bridgehead atoms. The molecule has 1 atom stereocenters. The van der Waals surface area contributed by atoms with Crippen molar-refractivity contribution in [2.24, 2.45) is 5.84 Å². The Hall–Kier alpha value is 0.570. The van der Waals surface area contributed by atoms with Crippen LogP contribution in [0.2, 0.25) is 0 Å². The summed E-state index contributed by atoms with van der Waals surface area (Å²) in [6.07, 6.45) is 0. The summed E-state index contributed by atoms with van der Waals surface area (Å²) >= 11 is 1.99. The molecule has 0 heterocycles. The molecule has 0 aliphatic heterocycles. The molecule has 1 unspecified atom stereocenters. The number of hydrogen-bond donors (Lipinski definition) is 3. The average molecular weight is 231 g/mol. The molecule has 0 aliphatic carbocycles. The van der Waals surface area contributed by atoms with E-state index in [0.717, 1.165) is 6.54 Å². The first-order valence-corrected chi connectivity index (χ1v) is 3.48. The molecule has 0 saturated heterocycles. The average Bonchev–Trinajstić information content (AvgIpc) is 1.67. The van der Waals surface area contributed by atoms with E-state index in [9.17, 15) is 0 Å². The highest BCUT2D eigenvalue weighted by molar-refractivity contribution is 14.1. The number of nitrogens with two attached hydrogens (primary N) is 1. The van der Waals surface area contributed by atoms with E-state index < -0.39 is 0 Å². The molecule has 0 radical (unpaired) electrons. The highest BCUT2D eigenvalue weighted by atomic mass is 127. The Morgan fingerprint density at radius 1 is 1.75 bits per heavy atom. The van der Waals surface area contributed by atoms with E-state index >= 15 is 0 Å². The van der Waals surface area contributed by atoms with E-state index in [0.29, 0.717) is 0 Å². The van der Waals surface area contributed by atoms with Crippen molar-refractivity contribution in [3.05, 3.63) is 0 Å². The van der Waals surface area contributed by atoms with Crippen LogP contribution in [-0.2, 0) is 0 Å². The molecule has 0 aromatic rings. The SMILES string of the molecule is CCN[N+](C)(N)NI. The van der Waals surface area contributed by atoms with Crippen molar-refractivity contribution in [2.45, 2.75) is 6.92 Å². The molecule has 4 nitrogen and oxygen atoms in total. The molecule has 0 aromatic carbocycles. The third-order valence-corrected chi connectivity index (χ3v) is 1.66. The van der Waals surface area contributed by atoms with E-state index in [1.165, 1.54) is 0 Å².